The Labute approximate surface area is 95.3 Å². The Morgan fingerprint density at radius 3 is 2.73 bits per heavy atom. The minimum atomic E-state index is 0.522. The molecule has 15 heavy (non-hydrogen) atoms. The molecule has 0 aromatic carbocycles. The zero-order valence-corrected chi connectivity index (χ0v) is 10.7. The van der Waals surface area contributed by atoms with Gasteiger partial charge in [0.1, 0.15) is 0 Å². The lowest BCUT2D eigenvalue weighted by Gasteiger charge is -2.34. The van der Waals surface area contributed by atoms with Crippen molar-refractivity contribution >= 4 is 0 Å². The molecule has 0 heterocycles. The van der Waals surface area contributed by atoms with Gasteiger partial charge >= 0.3 is 0 Å². The van der Waals surface area contributed by atoms with Gasteiger partial charge in [-0.3, -0.25) is 0 Å². The summed E-state index contributed by atoms with van der Waals surface area (Å²) >= 11 is 0. The maximum Gasteiger partial charge on any atom is 0.0135 e. The minimum absolute atomic E-state index is 0.522. The third-order valence-corrected chi connectivity index (χ3v) is 3.90. The average molecular weight is 209 g/mol. The SMILES string of the molecule is C=CCC(NCCC)C1CCCC1(C)C. The summed E-state index contributed by atoms with van der Waals surface area (Å²) in [7, 11) is 0. The molecule has 1 N–H and O–H groups in total. The van der Waals surface area contributed by atoms with Gasteiger partial charge in [0.2, 0.25) is 0 Å². The van der Waals surface area contributed by atoms with Crippen LogP contribution in [0.2, 0.25) is 0 Å². The van der Waals surface area contributed by atoms with E-state index in [2.05, 4.69) is 38.7 Å². The van der Waals surface area contributed by atoms with Crippen LogP contribution < -0.4 is 5.32 Å². The highest BCUT2D eigenvalue weighted by Crippen LogP contribution is 2.44. The van der Waals surface area contributed by atoms with Crippen LogP contribution >= 0.6 is 0 Å². The summed E-state index contributed by atoms with van der Waals surface area (Å²) in [6.45, 7) is 12.1. The third kappa shape index (κ3) is 3.34. The Kier molecular flexibility index (Phi) is 4.85. The fourth-order valence-corrected chi connectivity index (χ4v) is 3.00. The molecule has 1 heteroatoms. The van der Waals surface area contributed by atoms with Crippen LogP contribution in [0.3, 0.4) is 0 Å². The van der Waals surface area contributed by atoms with Crippen molar-refractivity contribution in [3.63, 3.8) is 0 Å². The van der Waals surface area contributed by atoms with Crippen molar-refractivity contribution in [2.75, 3.05) is 6.54 Å². The van der Waals surface area contributed by atoms with Crippen molar-refractivity contribution in [2.45, 2.75) is 58.9 Å². The Morgan fingerprint density at radius 2 is 2.27 bits per heavy atom. The van der Waals surface area contributed by atoms with Gasteiger partial charge in [0.15, 0.2) is 0 Å². The molecule has 1 saturated carbocycles. The summed E-state index contributed by atoms with van der Waals surface area (Å²) in [5.41, 5.74) is 0.522. The molecule has 1 aliphatic rings. The van der Waals surface area contributed by atoms with Crippen molar-refractivity contribution in [2.24, 2.45) is 11.3 Å². The average Bonchev–Trinajstić information content (AvgIpc) is 2.53. The van der Waals surface area contributed by atoms with Crippen molar-refractivity contribution in [1.29, 1.82) is 0 Å². The smallest absolute Gasteiger partial charge is 0.0135 e. The van der Waals surface area contributed by atoms with Gasteiger partial charge in [-0.05, 0) is 43.6 Å². The summed E-state index contributed by atoms with van der Waals surface area (Å²) in [4.78, 5) is 0. The van der Waals surface area contributed by atoms with Crippen LogP contribution in [-0.4, -0.2) is 12.6 Å². The topological polar surface area (TPSA) is 12.0 Å². The van der Waals surface area contributed by atoms with Gasteiger partial charge in [0.05, 0.1) is 0 Å². The Balaban J connectivity index is 2.57. The van der Waals surface area contributed by atoms with E-state index in [0.29, 0.717) is 11.5 Å². The van der Waals surface area contributed by atoms with Gasteiger partial charge in [-0.25, -0.2) is 0 Å². The quantitative estimate of drug-likeness (QED) is 0.657. The molecule has 0 aliphatic heterocycles. The van der Waals surface area contributed by atoms with E-state index >= 15 is 0 Å². The normalized spacial score (nSPS) is 26.5. The monoisotopic (exact) mass is 209 g/mol. The second kappa shape index (κ2) is 5.69. The lowest BCUT2D eigenvalue weighted by molar-refractivity contribution is 0.197. The predicted molar refractivity (Wildman–Crippen MR) is 68.0 cm³/mol. The molecule has 0 radical (unpaired) electrons. The van der Waals surface area contributed by atoms with Crippen LogP contribution in [-0.2, 0) is 0 Å². The molecule has 0 spiro atoms. The largest absolute Gasteiger partial charge is 0.313 e. The second-order valence-corrected chi connectivity index (χ2v) is 5.57. The van der Waals surface area contributed by atoms with E-state index in [9.17, 15) is 0 Å². The van der Waals surface area contributed by atoms with E-state index in [0.717, 1.165) is 18.9 Å². The molecule has 0 bridgehead atoms. The molecule has 2 unspecified atom stereocenters. The first-order valence-corrected chi connectivity index (χ1v) is 6.46. The van der Waals surface area contributed by atoms with Gasteiger partial charge in [0, 0.05) is 6.04 Å². The van der Waals surface area contributed by atoms with Crippen molar-refractivity contribution in [3.8, 4) is 0 Å². The first kappa shape index (κ1) is 12.8. The third-order valence-electron chi connectivity index (χ3n) is 3.90. The molecule has 1 aliphatic carbocycles. The highest BCUT2D eigenvalue weighted by atomic mass is 14.9. The van der Waals surface area contributed by atoms with Gasteiger partial charge in [-0.15, -0.1) is 6.58 Å². The van der Waals surface area contributed by atoms with Crippen molar-refractivity contribution in [1.82, 2.24) is 5.32 Å². The molecule has 0 aromatic heterocycles. The highest BCUT2D eigenvalue weighted by molar-refractivity contribution is 4.94. The van der Waals surface area contributed by atoms with Crippen molar-refractivity contribution in [3.05, 3.63) is 12.7 Å². The van der Waals surface area contributed by atoms with Crippen LogP contribution in [0.4, 0.5) is 0 Å². The Bertz CT molecular complexity index is 196. The van der Waals surface area contributed by atoms with E-state index < -0.39 is 0 Å². The summed E-state index contributed by atoms with van der Waals surface area (Å²) in [5.74, 6) is 0.835. The molecule has 88 valence electrons. The molecule has 1 rings (SSSR count). The number of hydrogen-bond donors (Lipinski definition) is 1. The van der Waals surface area contributed by atoms with Crippen LogP contribution in [0.1, 0.15) is 52.9 Å². The molecule has 0 aromatic rings. The Morgan fingerprint density at radius 1 is 1.53 bits per heavy atom. The Hall–Kier alpha value is -0.300. The molecular weight excluding hydrogens is 182 g/mol. The van der Waals surface area contributed by atoms with Gasteiger partial charge in [-0.1, -0.05) is 33.3 Å². The summed E-state index contributed by atoms with van der Waals surface area (Å²) < 4.78 is 0. The summed E-state index contributed by atoms with van der Waals surface area (Å²) in [6, 6.07) is 0.653. The first-order valence-electron chi connectivity index (χ1n) is 6.46. The van der Waals surface area contributed by atoms with Crippen LogP contribution in [0.25, 0.3) is 0 Å². The summed E-state index contributed by atoms with van der Waals surface area (Å²) in [5, 5.41) is 3.70. The maximum atomic E-state index is 3.89. The minimum Gasteiger partial charge on any atom is -0.313 e. The van der Waals surface area contributed by atoms with Gasteiger partial charge in [-0.2, -0.15) is 0 Å². The number of hydrogen-bond acceptors (Lipinski definition) is 1. The van der Waals surface area contributed by atoms with Crippen molar-refractivity contribution < 1.29 is 0 Å². The fraction of sp³-hybridized carbons (Fsp3) is 0.857. The number of nitrogens with one attached hydrogen (secondary N) is 1. The molecule has 0 amide bonds. The van der Waals surface area contributed by atoms with E-state index in [1.807, 2.05) is 0 Å². The summed E-state index contributed by atoms with van der Waals surface area (Å²) in [6.07, 6.45) is 8.59. The van der Waals surface area contributed by atoms with E-state index in [1.165, 1.54) is 25.7 Å². The molecular formula is C14H27N. The second-order valence-electron chi connectivity index (χ2n) is 5.57. The van der Waals surface area contributed by atoms with E-state index in [4.69, 9.17) is 0 Å². The lowest BCUT2D eigenvalue weighted by Crippen LogP contribution is -2.40. The van der Waals surface area contributed by atoms with Crippen LogP contribution in [0, 0.1) is 11.3 Å². The standard InChI is InChI=1S/C14H27N/c1-5-8-13(15-11-6-2)12-9-7-10-14(12,3)4/h5,12-13,15H,1,6-11H2,2-4H3. The fourth-order valence-electron chi connectivity index (χ4n) is 3.00. The van der Waals surface area contributed by atoms with E-state index in [-0.39, 0.29) is 0 Å². The lowest BCUT2D eigenvalue weighted by atomic mass is 9.76. The molecule has 1 fully saturated rings. The van der Waals surface area contributed by atoms with Crippen LogP contribution in [0.15, 0.2) is 12.7 Å². The highest BCUT2D eigenvalue weighted by Gasteiger charge is 2.38. The zero-order valence-electron chi connectivity index (χ0n) is 10.7. The first-order chi connectivity index (χ1) is 7.11. The van der Waals surface area contributed by atoms with E-state index in [1.54, 1.807) is 0 Å². The molecule has 1 nitrogen and oxygen atoms in total. The zero-order chi connectivity index (χ0) is 11.3. The maximum absolute atomic E-state index is 3.89. The number of rotatable bonds is 6. The molecule has 2 atom stereocenters. The van der Waals surface area contributed by atoms with Gasteiger partial charge < -0.3 is 5.32 Å². The van der Waals surface area contributed by atoms with Gasteiger partial charge in [0.25, 0.3) is 0 Å². The predicted octanol–water partition coefficient (Wildman–Crippen LogP) is 3.76. The van der Waals surface area contributed by atoms with Crippen LogP contribution in [0.5, 0.6) is 0 Å². The molecule has 0 saturated heterocycles.